The summed E-state index contributed by atoms with van der Waals surface area (Å²) in [4.78, 5) is 18.3. The fraction of sp³-hybridized carbons (Fsp3) is 0.600. The van der Waals surface area contributed by atoms with Gasteiger partial charge in [-0.2, -0.15) is 0 Å². The Morgan fingerprint density at radius 3 is 2.76 bits per heavy atom. The number of carbonyl (C=O) groups excluding carboxylic acids is 1. The van der Waals surface area contributed by atoms with Gasteiger partial charge in [0.05, 0.1) is 0 Å². The van der Waals surface area contributed by atoms with Gasteiger partial charge in [0.2, 0.25) is 0 Å². The first-order chi connectivity index (χ1) is 13.7. The molecule has 0 aromatic carbocycles. The fourth-order valence-corrected chi connectivity index (χ4v) is 2.71. The van der Waals surface area contributed by atoms with Crippen molar-refractivity contribution in [1.29, 1.82) is 0 Å². The average molecular weight is 404 g/mol. The van der Waals surface area contributed by atoms with Crippen LogP contribution in [0, 0.1) is 5.92 Å². The Bertz CT molecular complexity index is 826. The van der Waals surface area contributed by atoms with Crippen molar-refractivity contribution < 1.29 is 9.53 Å². The molecule has 0 radical (unpaired) electrons. The Labute approximate surface area is 172 Å². The minimum atomic E-state index is -0.496. The molecule has 2 aromatic heterocycles. The monoisotopic (exact) mass is 403 g/mol. The van der Waals surface area contributed by atoms with E-state index in [2.05, 4.69) is 32.7 Å². The van der Waals surface area contributed by atoms with E-state index in [0.717, 1.165) is 18.0 Å². The maximum Gasteiger partial charge on any atom is 0.410 e. The maximum absolute atomic E-state index is 12.1. The van der Waals surface area contributed by atoms with Crippen LogP contribution in [0.25, 0.3) is 5.65 Å². The van der Waals surface area contributed by atoms with Crippen LogP contribution in [0.2, 0.25) is 0 Å². The number of rotatable bonds is 7. The Morgan fingerprint density at radius 1 is 1.31 bits per heavy atom. The van der Waals surface area contributed by atoms with Crippen molar-refractivity contribution in [2.24, 2.45) is 10.9 Å². The van der Waals surface area contributed by atoms with Crippen molar-refractivity contribution in [2.75, 3.05) is 26.7 Å². The second-order valence-corrected chi connectivity index (χ2v) is 8.09. The van der Waals surface area contributed by atoms with E-state index < -0.39 is 5.60 Å². The van der Waals surface area contributed by atoms with E-state index in [1.54, 1.807) is 11.9 Å². The van der Waals surface area contributed by atoms with Gasteiger partial charge in [-0.1, -0.05) is 13.0 Å². The zero-order chi connectivity index (χ0) is 21.4. The summed E-state index contributed by atoms with van der Waals surface area (Å²) in [7, 11) is 1.75. The molecule has 160 valence electrons. The van der Waals surface area contributed by atoms with Crippen molar-refractivity contribution in [2.45, 2.75) is 46.8 Å². The molecule has 0 bridgehead atoms. The minimum absolute atomic E-state index is 0.213. The largest absolute Gasteiger partial charge is 0.444 e. The first-order valence-electron chi connectivity index (χ1n) is 9.94. The van der Waals surface area contributed by atoms with Crippen molar-refractivity contribution in [3.05, 3.63) is 30.2 Å². The third kappa shape index (κ3) is 7.24. The number of aliphatic imine (C=N–C) groups is 1. The number of ether oxygens (including phenoxy) is 1. The number of amides is 1. The van der Waals surface area contributed by atoms with Crippen LogP contribution in [0.15, 0.2) is 29.4 Å². The van der Waals surface area contributed by atoms with Gasteiger partial charge in [0.1, 0.15) is 12.1 Å². The molecule has 2 rings (SSSR count). The molecule has 1 atom stereocenters. The Morgan fingerprint density at radius 2 is 2.07 bits per heavy atom. The number of carbonyl (C=O) groups is 1. The predicted molar refractivity (Wildman–Crippen MR) is 114 cm³/mol. The lowest BCUT2D eigenvalue weighted by Gasteiger charge is -2.26. The number of hydrogen-bond acceptors (Lipinski definition) is 5. The summed E-state index contributed by atoms with van der Waals surface area (Å²) in [6, 6.07) is 5.78. The van der Waals surface area contributed by atoms with Gasteiger partial charge in [0, 0.05) is 32.9 Å². The Hall–Kier alpha value is -2.84. The zero-order valence-electron chi connectivity index (χ0n) is 18.3. The van der Waals surface area contributed by atoms with E-state index in [0.29, 0.717) is 25.6 Å². The summed E-state index contributed by atoms with van der Waals surface area (Å²) in [6.45, 7) is 12.1. The summed E-state index contributed by atoms with van der Waals surface area (Å²) in [6.07, 6.45) is 1.61. The number of pyridine rings is 1. The lowest BCUT2D eigenvalue weighted by atomic mass is 10.1. The lowest BCUT2D eigenvalue weighted by molar-refractivity contribution is 0.0278. The molecular formula is C20H33N7O2. The van der Waals surface area contributed by atoms with Crippen LogP contribution >= 0.6 is 0 Å². The Balaban J connectivity index is 1.89. The predicted octanol–water partition coefficient (Wildman–Crippen LogP) is 2.29. The van der Waals surface area contributed by atoms with Crippen LogP contribution in [0.3, 0.4) is 0 Å². The van der Waals surface area contributed by atoms with Crippen LogP contribution in [0.1, 0.15) is 40.4 Å². The van der Waals surface area contributed by atoms with Crippen molar-refractivity contribution in [1.82, 2.24) is 30.1 Å². The van der Waals surface area contributed by atoms with Crippen LogP contribution in [0.5, 0.6) is 0 Å². The zero-order valence-corrected chi connectivity index (χ0v) is 18.3. The summed E-state index contributed by atoms with van der Waals surface area (Å²) in [5.41, 5.74) is 0.304. The lowest BCUT2D eigenvalue weighted by Crippen LogP contribution is -2.42. The molecule has 2 aromatic rings. The quantitative estimate of drug-likeness (QED) is 0.544. The van der Waals surface area contributed by atoms with Crippen molar-refractivity contribution >= 4 is 17.7 Å². The van der Waals surface area contributed by atoms with Gasteiger partial charge in [-0.05, 0) is 45.7 Å². The average Bonchev–Trinajstić information content (AvgIpc) is 3.06. The van der Waals surface area contributed by atoms with Crippen LogP contribution in [-0.2, 0) is 11.3 Å². The molecule has 1 unspecified atom stereocenters. The van der Waals surface area contributed by atoms with E-state index in [-0.39, 0.29) is 12.0 Å². The van der Waals surface area contributed by atoms with Gasteiger partial charge < -0.3 is 20.3 Å². The smallest absolute Gasteiger partial charge is 0.410 e. The Kier molecular flexibility index (Phi) is 7.81. The van der Waals surface area contributed by atoms with Gasteiger partial charge in [-0.3, -0.25) is 4.40 Å². The number of aromatic nitrogens is 3. The highest BCUT2D eigenvalue weighted by atomic mass is 16.6. The molecule has 2 N–H and O–H groups in total. The van der Waals surface area contributed by atoms with Crippen LogP contribution < -0.4 is 10.6 Å². The molecule has 9 heteroatoms. The summed E-state index contributed by atoms with van der Waals surface area (Å²) < 4.78 is 7.32. The number of hydrogen-bond donors (Lipinski definition) is 2. The summed E-state index contributed by atoms with van der Waals surface area (Å²) >= 11 is 0. The molecule has 0 fully saturated rings. The molecule has 0 saturated carbocycles. The van der Waals surface area contributed by atoms with E-state index in [4.69, 9.17) is 4.74 Å². The molecule has 0 aliphatic heterocycles. The third-order valence-corrected chi connectivity index (χ3v) is 4.02. The maximum atomic E-state index is 12.1. The second-order valence-electron chi connectivity index (χ2n) is 8.09. The van der Waals surface area contributed by atoms with Gasteiger partial charge in [0.25, 0.3) is 0 Å². The number of nitrogens with one attached hydrogen (secondary N) is 2. The standard InChI is InChI=1S/C20H33N7O2/c1-7-21-18(23-13-17-25-24-16-10-8-9-11-27(16)17)22-12-15(2)14-26(6)19(28)29-20(3,4)5/h8-11,15H,7,12-14H2,1-6H3,(H2,21,22,23). The number of guanidine groups is 1. The topological polar surface area (TPSA) is 96.1 Å². The molecule has 0 saturated heterocycles. The third-order valence-electron chi connectivity index (χ3n) is 4.02. The molecule has 0 spiro atoms. The first kappa shape index (κ1) is 22.4. The molecule has 1 amide bonds. The van der Waals surface area contributed by atoms with Crippen LogP contribution in [0.4, 0.5) is 4.79 Å². The van der Waals surface area contributed by atoms with E-state index in [1.807, 2.05) is 56.5 Å². The van der Waals surface area contributed by atoms with Crippen molar-refractivity contribution in [3.8, 4) is 0 Å². The summed E-state index contributed by atoms with van der Waals surface area (Å²) in [5.74, 6) is 1.69. The first-order valence-corrected chi connectivity index (χ1v) is 9.94. The fourth-order valence-electron chi connectivity index (χ4n) is 2.71. The van der Waals surface area contributed by atoms with E-state index in [1.165, 1.54) is 0 Å². The van der Waals surface area contributed by atoms with E-state index >= 15 is 0 Å². The molecule has 2 heterocycles. The molecule has 0 aliphatic carbocycles. The highest BCUT2D eigenvalue weighted by Crippen LogP contribution is 2.10. The molecule has 29 heavy (non-hydrogen) atoms. The van der Waals surface area contributed by atoms with E-state index in [9.17, 15) is 4.79 Å². The normalized spacial score (nSPS) is 13.2. The molecule has 9 nitrogen and oxygen atoms in total. The summed E-state index contributed by atoms with van der Waals surface area (Å²) in [5, 5.41) is 14.9. The SMILES string of the molecule is CCNC(=NCc1nnc2ccccn12)NCC(C)CN(C)C(=O)OC(C)(C)C. The highest BCUT2D eigenvalue weighted by Gasteiger charge is 2.20. The highest BCUT2D eigenvalue weighted by molar-refractivity contribution is 5.79. The number of fused-ring (bicyclic) bond motifs is 1. The van der Waals surface area contributed by atoms with Gasteiger partial charge in [-0.25, -0.2) is 9.79 Å². The van der Waals surface area contributed by atoms with Crippen molar-refractivity contribution in [3.63, 3.8) is 0 Å². The minimum Gasteiger partial charge on any atom is -0.444 e. The van der Waals surface area contributed by atoms with Gasteiger partial charge in [-0.15, -0.1) is 10.2 Å². The number of nitrogens with zero attached hydrogens (tertiary/aromatic N) is 5. The second kappa shape index (κ2) is 10.1. The van der Waals surface area contributed by atoms with Crippen LogP contribution in [-0.4, -0.2) is 63.8 Å². The van der Waals surface area contributed by atoms with Gasteiger partial charge in [0.15, 0.2) is 17.4 Å². The molecular weight excluding hydrogens is 370 g/mol. The van der Waals surface area contributed by atoms with Gasteiger partial charge >= 0.3 is 6.09 Å². The molecule has 0 aliphatic rings.